The molecule has 2 amide bonds. The summed E-state index contributed by atoms with van der Waals surface area (Å²) in [6, 6.07) is 12.5. The molecule has 12 nitrogen and oxygen atoms in total. The summed E-state index contributed by atoms with van der Waals surface area (Å²) in [4.78, 5) is 50.7. The van der Waals surface area contributed by atoms with E-state index >= 15 is 0 Å². The number of nitro groups is 1. The van der Waals surface area contributed by atoms with Crippen molar-refractivity contribution in [1.82, 2.24) is 14.5 Å². The Morgan fingerprint density at radius 1 is 1.05 bits per heavy atom. The Morgan fingerprint density at radius 2 is 1.76 bits per heavy atom. The van der Waals surface area contributed by atoms with Crippen LogP contribution in [-0.4, -0.2) is 64.7 Å². The maximum atomic E-state index is 13.8. The zero-order chi connectivity index (χ0) is 29.6. The number of sulfonamides is 1. The van der Waals surface area contributed by atoms with E-state index in [0.717, 1.165) is 36.1 Å². The predicted molar refractivity (Wildman–Crippen MR) is 149 cm³/mol. The molecule has 2 unspecified atom stereocenters. The molecule has 1 aliphatic heterocycles. The van der Waals surface area contributed by atoms with E-state index in [1.807, 2.05) is 0 Å². The Labute approximate surface area is 238 Å². The van der Waals surface area contributed by atoms with Gasteiger partial charge in [-0.1, -0.05) is 68.1 Å². The molecular weight excluding hydrogens is 552 g/mol. The van der Waals surface area contributed by atoms with Gasteiger partial charge in [0.25, 0.3) is 11.6 Å². The molecule has 0 radical (unpaired) electrons. The molecule has 1 aliphatic carbocycles. The third kappa shape index (κ3) is 7.67. The number of rotatable bonds is 12. The summed E-state index contributed by atoms with van der Waals surface area (Å²) in [7, 11) is -4.07. The molecule has 0 aromatic heterocycles. The van der Waals surface area contributed by atoms with Gasteiger partial charge in [0.2, 0.25) is 15.9 Å². The summed E-state index contributed by atoms with van der Waals surface area (Å²) in [5, 5.41) is 23.4. The average molecular weight is 587 g/mol. The lowest BCUT2D eigenvalue weighted by atomic mass is 10.0. The number of carbonyl (C=O) groups excluding carboxylic acids is 2. The van der Waals surface area contributed by atoms with Crippen molar-refractivity contribution in [1.29, 1.82) is 0 Å². The number of nitrogens with one attached hydrogen (secondary N) is 1. The fraction of sp³-hybridized carbons (Fsp3) is 0.464. The van der Waals surface area contributed by atoms with Crippen molar-refractivity contribution < 1.29 is 32.8 Å². The molecule has 2 aliphatic rings. The third-order valence-electron chi connectivity index (χ3n) is 7.65. The first-order valence-electron chi connectivity index (χ1n) is 13.6. The van der Waals surface area contributed by atoms with Crippen molar-refractivity contribution in [3.63, 3.8) is 0 Å². The van der Waals surface area contributed by atoms with Gasteiger partial charge in [-0.15, -0.1) is 0 Å². The largest absolute Gasteiger partial charge is 0.481 e. The van der Waals surface area contributed by atoms with E-state index in [0.29, 0.717) is 17.9 Å². The van der Waals surface area contributed by atoms with Crippen molar-refractivity contribution >= 4 is 33.5 Å². The summed E-state index contributed by atoms with van der Waals surface area (Å²) in [6.07, 6.45) is 2.99. The van der Waals surface area contributed by atoms with Crippen molar-refractivity contribution in [2.24, 2.45) is 5.92 Å². The minimum atomic E-state index is -4.07. The van der Waals surface area contributed by atoms with Crippen LogP contribution in [0.15, 0.2) is 54.6 Å². The molecule has 2 atom stereocenters. The first-order valence-corrected chi connectivity index (χ1v) is 15.3. The molecule has 13 heteroatoms. The molecule has 0 bridgehead atoms. The van der Waals surface area contributed by atoms with E-state index in [1.165, 1.54) is 23.1 Å². The van der Waals surface area contributed by atoms with E-state index in [2.05, 4.69) is 5.32 Å². The molecule has 1 saturated carbocycles. The van der Waals surface area contributed by atoms with Gasteiger partial charge in [0.05, 0.1) is 23.1 Å². The highest BCUT2D eigenvalue weighted by Gasteiger charge is 2.46. The molecule has 2 aromatic rings. The van der Waals surface area contributed by atoms with E-state index < -0.39 is 45.5 Å². The first-order chi connectivity index (χ1) is 19.5. The molecule has 4 rings (SSSR count). The van der Waals surface area contributed by atoms with Gasteiger partial charge in [-0.25, -0.2) is 8.42 Å². The highest BCUT2D eigenvalue weighted by molar-refractivity contribution is 7.88. The van der Waals surface area contributed by atoms with Gasteiger partial charge < -0.3 is 15.3 Å². The smallest absolute Gasteiger partial charge is 0.305 e. The fourth-order valence-corrected chi connectivity index (χ4v) is 7.25. The third-order valence-corrected chi connectivity index (χ3v) is 9.45. The summed E-state index contributed by atoms with van der Waals surface area (Å²) >= 11 is 0. The van der Waals surface area contributed by atoms with E-state index in [1.54, 1.807) is 30.3 Å². The second-order valence-corrected chi connectivity index (χ2v) is 12.4. The van der Waals surface area contributed by atoms with Crippen LogP contribution in [0.3, 0.4) is 0 Å². The molecule has 1 saturated heterocycles. The summed E-state index contributed by atoms with van der Waals surface area (Å²) in [6.45, 7) is -0.0845. The van der Waals surface area contributed by atoms with Crippen LogP contribution in [0.1, 0.15) is 62.1 Å². The lowest BCUT2D eigenvalue weighted by molar-refractivity contribution is -0.384. The molecule has 41 heavy (non-hydrogen) atoms. The van der Waals surface area contributed by atoms with Crippen molar-refractivity contribution in [2.75, 3.05) is 13.1 Å². The van der Waals surface area contributed by atoms with Gasteiger partial charge in [-0.3, -0.25) is 24.5 Å². The number of carbonyl (C=O) groups is 3. The number of aliphatic carboxylic acids is 1. The van der Waals surface area contributed by atoms with Crippen LogP contribution >= 0.6 is 0 Å². The molecular formula is C28H34N4O8S. The van der Waals surface area contributed by atoms with E-state index in [9.17, 15) is 38.0 Å². The molecule has 2 fully saturated rings. The van der Waals surface area contributed by atoms with Crippen LogP contribution in [0, 0.1) is 16.0 Å². The second kappa shape index (κ2) is 13.2. The average Bonchev–Trinajstić information content (AvgIpc) is 3.62. The number of nitro benzene ring substituents is 1. The van der Waals surface area contributed by atoms with Crippen LogP contribution in [0.2, 0.25) is 0 Å². The first kappa shape index (κ1) is 30.1. The van der Waals surface area contributed by atoms with Crippen molar-refractivity contribution in [3.8, 4) is 0 Å². The van der Waals surface area contributed by atoms with Crippen LogP contribution in [0.25, 0.3) is 0 Å². The number of amides is 2. The van der Waals surface area contributed by atoms with Gasteiger partial charge in [0.1, 0.15) is 0 Å². The molecule has 1 heterocycles. The van der Waals surface area contributed by atoms with Crippen LogP contribution in [-0.2, 0) is 30.2 Å². The number of non-ortho nitro benzene ring substituents is 1. The van der Waals surface area contributed by atoms with Gasteiger partial charge in [0, 0.05) is 31.6 Å². The van der Waals surface area contributed by atoms with Crippen molar-refractivity contribution in [2.45, 2.75) is 62.9 Å². The van der Waals surface area contributed by atoms with Gasteiger partial charge in [-0.05, 0) is 23.5 Å². The number of nitrogens with zero attached hydrogens (tertiary/aromatic N) is 3. The van der Waals surface area contributed by atoms with Crippen LogP contribution < -0.4 is 5.32 Å². The number of carboxylic acid groups (broad SMARTS) is 1. The monoisotopic (exact) mass is 586 g/mol. The standard InChI is InChI=1S/C28H34N4O8S/c33-25(14-13-20-7-4-5-8-20)30-15-16-31(41(39,40)19-21-9-2-1-3-10-21)28(30)27(36)29-24(18-26(34)35)22-11-6-12-23(17-22)32(37)38/h1-3,6,9-12,17,20,24,28H,4-5,7-8,13-16,18-19H2,(H,29,36)(H,34,35). The Bertz CT molecular complexity index is 1380. The fourth-order valence-electron chi connectivity index (χ4n) is 5.60. The zero-order valence-electron chi connectivity index (χ0n) is 22.6. The van der Waals surface area contributed by atoms with Crippen molar-refractivity contribution in [3.05, 3.63) is 75.8 Å². The van der Waals surface area contributed by atoms with Crippen LogP contribution in [0.5, 0.6) is 0 Å². The lowest BCUT2D eigenvalue weighted by Gasteiger charge is -2.30. The van der Waals surface area contributed by atoms with Gasteiger partial charge >= 0.3 is 5.97 Å². The Balaban J connectivity index is 1.61. The highest BCUT2D eigenvalue weighted by atomic mass is 32.2. The Hall–Kier alpha value is -3.84. The second-order valence-electron chi connectivity index (χ2n) is 10.5. The Morgan fingerprint density at radius 3 is 2.41 bits per heavy atom. The number of carboxylic acids is 1. The minimum Gasteiger partial charge on any atom is -0.481 e. The highest BCUT2D eigenvalue weighted by Crippen LogP contribution is 2.30. The van der Waals surface area contributed by atoms with E-state index in [4.69, 9.17) is 0 Å². The molecule has 0 spiro atoms. The maximum absolute atomic E-state index is 13.8. The normalized spacial score (nSPS) is 18.7. The molecule has 220 valence electrons. The number of hydrogen-bond acceptors (Lipinski definition) is 7. The maximum Gasteiger partial charge on any atom is 0.305 e. The van der Waals surface area contributed by atoms with Gasteiger partial charge in [-0.2, -0.15) is 4.31 Å². The minimum absolute atomic E-state index is 0.00993. The quantitative estimate of drug-likeness (QED) is 0.282. The predicted octanol–water partition coefficient (Wildman–Crippen LogP) is 3.20. The number of hydrogen-bond donors (Lipinski definition) is 2. The SMILES string of the molecule is O=C(O)CC(NC(=O)C1N(C(=O)CCC2CCCC2)CCN1S(=O)(=O)Cc1ccccc1)c1cccc([N+](=O)[O-])c1. The lowest BCUT2D eigenvalue weighted by Crippen LogP contribution is -2.54. The zero-order valence-corrected chi connectivity index (χ0v) is 23.4. The topological polar surface area (TPSA) is 167 Å². The summed E-state index contributed by atoms with van der Waals surface area (Å²) in [5.41, 5.74) is 0.396. The molecule has 2 aromatic carbocycles. The summed E-state index contributed by atoms with van der Waals surface area (Å²) < 4.78 is 28.1. The molecule has 2 N–H and O–H groups in total. The van der Waals surface area contributed by atoms with Gasteiger partial charge in [0.15, 0.2) is 6.17 Å². The summed E-state index contributed by atoms with van der Waals surface area (Å²) in [5.74, 6) is -2.46. The van der Waals surface area contributed by atoms with Crippen LogP contribution in [0.4, 0.5) is 5.69 Å². The Kier molecular flexibility index (Phi) is 9.71. The number of benzene rings is 2. The van der Waals surface area contributed by atoms with E-state index in [-0.39, 0.29) is 42.4 Å².